The van der Waals surface area contributed by atoms with Crippen molar-refractivity contribution in [1.82, 2.24) is 10.4 Å². The van der Waals surface area contributed by atoms with E-state index in [2.05, 4.69) is 26.1 Å². The zero-order valence-corrected chi connectivity index (χ0v) is 26.0. The molecule has 45 heavy (non-hydrogen) atoms. The van der Waals surface area contributed by atoms with Crippen LogP contribution in [0, 0.1) is 13.8 Å². The van der Waals surface area contributed by atoms with E-state index < -0.39 is 0 Å². The van der Waals surface area contributed by atoms with E-state index in [9.17, 15) is 9.59 Å². The molecule has 0 aliphatic rings. The molecule has 1 aromatic heterocycles. The number of nitrogens with one attached hydrogen (secondary N) is 3. The number of thiazole rings is 1. The van der Waals surface area contributed by atoms with E-state index in [1.165, 1.54) is 17.6 Å². The Hall–Kier alpha value is -5.48. The summed E-state index contributed by atoms with van der Waals surface area (Å²) in [7, 11) is 0. The zero-order valence-electron chi connectivity index (χ0n) is 25.2. The molecule has 0 fully saturated rings. The molecule has 10 heteroatoms. The second-order valence-electron chi connectivity index (χ2n) is 10.1. The van der Waals surface area contributed by atoms with Crippen molar-refractivity contribution >= 4 is 45.9 Å². The first kappa shape index (κ1) is 31.0. The van der Waals surface area contributed by atoms with Gasteiger partial charge in [-0.05, 0) is 92.1 Å². The Bertz CT molecular complexity index is 1800. The van der Waals surface area contributed by atoms with E-state index in [0.717, 1.165) is 33.2 Å². The average Bonchev–Trinajstić information content (AvgIpc) is 3.51. The minimum absolute atomic E-state index is 0.177. The summed E-state index contributed by atoms with van der Waals surface area (Å²) < 4.78 is 11.5. The van der Waals surface area contributed by atoms with Gasteiger partial charge in [0.2, 0.25) is 0 Å². The second kappa shape index (κ2) is 14.8. The Labute approximate surface area is 266 Å². The van der Waals surface area contributed by atoms with Gasteiger partial charge in [0.1, 0.15) is 0 Å². The topological polar surface area (TPSA) is 114 Å². The number of benzene rings is 4. The molecular formula is C35H33N5O4S. The molecule has 5 rings (SSSR count). The van der Waals surface area contributed by atoms with Crippen molar-refractivity contribution in [2.75, 3.05) is 23.8 Å². The fraction of sp³-hybridized carbons (Fsp3) is 0.143. The molecule has 1 heterocycles. The van der Waals surface area contributed by atoms with Gasteiger partial charge in [-0.1, -0.05) is 36.4 Å². The summed E-state index contributed by atoms with van der Waals surface area (Å²) in [5, 5.41) is 13.0. The highest BCUT2D eigenvalue weighted by Gasteiger charge is 2.11. The number of carbonyl (C=O) groups excluding carboxylic acids is 2. The highest BCUT2D eigenvalue weighted by Crippen LogP contribution is 2.29. The summed E-state index contributed by atoms with van der Waals surface area (Å²) in [6, 6.07) is 28.0. The van der Waals surface area contributed by atoms with Crippen LogP contribution in [0.5, 0.6) is 11.5 Å². The molecule has 0 aliphatic heterocycles. The normalized spacial score (nSPS) is 10.8. The Morgan fingerprint density at radius 1 is 0.867 bits per heavy atom. The maximum Gasteiger partial charge on any atom is 0.271 e. The lowest BCUT2D eigenvalue weighted by molar-refractivity contribution is -0.118. The molecule has 3 N–H and O–H groups in total. The predicted octanol–water partition coefficient (Wildman–Crippen LogP) is 7.35. The van der Waals surface area contributed by atoms with Crippen molar-refractivity contribution in [3.63, 3.8) is 0 Å². The summed E-state index contributed by atoms with van der Waals surface area (Å²) >= 11 is 1.51. The highest BCUT2D eigenvalue weighted by atomic mass is 32.1. The molecule has 9 nitrogen and oxygen atoms in total. The van der Waals surface area contributed by atoms with Gasteiger partial charge < -0.3 is 20.1 Å². The lowest BCUT2D eigenvalue weighted by Crippen LogP contribution is -2.20. The molecule has 0 atom stereocenters. The van der Waals surface area contributed by atoms with Gasteiger partial charge in [0.25, 0.3) is 11.8 Å². The quantitative estimate of drug-likeness (QED) is 0.0994. The van der Waals surface area contributed by atoms with E-state index >= 15 is 0 Å². The standard InChI is InChI=1S/C35H33N5O4S/c1-4-43-32-19-25(11-17-31(32)44-21-33(41)37-29-16-10-23(2)24(3)18-29)20-36-40-34(42)27-14-12-26(13-15-27)30-22-45-35(39-30)38-28-8-6-5-7-9-28/h5-20,22H,4,21H2,1-3H3,(H,37,41)(H,38,39)(H,40,42)/b36-20+. The SMILES string of the molecule is CCOc1cc(/C=N/NC(=O)c2ccc(-c3csc(Nc4ccccc4)n3)cc2)ccc1OCC(=O)Nc1ccc(C)c(C)c1. The third-order valence-electron chi connectivity index (χ3n) is 6.77. The molecule has 4 aromatic carbocycles. The Balaban J connectivity index is 1.14. The molecule has 0 unspecified atom stereocenters. The fourth-order valence-electron chi connectivity index (χ4n) is 4.28. The third-order valence-corrected chi connectivity index (χ3v) is 7.53. The second-order valence-corrected chi connectivity index (χ2v) is 10.9. The van der Waals surface area contributed by atoms with Crippen LogP contribution in [0.2, 0.25) is 0 Å². The number of para-hydroxylation sites is 1. The van der Waals surface area contributed by atoms with Gasteiger partial charge in [0.15, 0.2) is 23.2 Å². The van der Waals surface area contributed by atoms with Crippen molar-refractivity contribution in [2.24, 2.45) is 5.10 Å². The van der Waals surface area contributed by atoms with Crippen LogP contribution in [0.15, 0.2) is 101 Å². The molecule has 5 aromatic rings. The van der Waals surface area contributed by atoms with E-state index in [1.807, 2.05) is 86.8 Å². The Morgan fingerprint density at radius 2 is 1.67 bits per heavy atom. The summed E-state index contributed by atoms with van der Waals surface area (Å²) in [5.41, 5.74) is 9.36. The van der Waals surface area contributed by atoms with Crippen LogP contribution in [-0.2, 0) is 4.79 Å². The van der Waals surface area contributed by atoms with E-state index in [-0.39, 0.29) is 18.4 Å². The van der Waals surface area contributed by atoms with Gasteiger partial charge in [0, 0.05) is 27.9 Å². The van der Waals surface area contributed by atoms with Crippen LogP contribution in [0.1, 0.15) is 34.0 Å². The Kier molecular flexibility index (Phi) is 10.2. The molecule has 0 spiro atoms. The highest BCUT2D eigenvalue weighted by molar-refractivity contribution is 7.14. The lowest BCUT2D eigenvalue weighted by Gasteiger charge is -2.13. The minimum Gasteiger partial charge on any atom is -0.490 e. The Morgan fingerprint density at radius 3 is 2.42 bits per heavy atom. The number of ether oxygens (including phenoxy) is 2. The van der Waals surface area contributed by atoms with Crippen molar-refractivity contribution in [3.05, 3.63) is 119 Å². The summed E-state index contributed by atoms with van der Waals surface area (Å²) in [4.78, 5) is 29.8. The van der Waals surface area contributed by atoms with E-state index in [0.29, 0.717) is 34.9 Å². The summed E-state index contributed by atoms with van der Waals surface area (Å²) in [5.74, 6) is 0.267. The number of amides is 2. The van der Waals surface area contributed by atoms with Gasteiger partial charge >= 0.3 is 0 Å². The maximum absolute atomic E-state index is 12.7. The van der Waals surface area contributed by atoms with Gasteiger partial charge in [-0.25, -0.2) is 10.4 Å². The maximum atomic E-state index is 12.7. The fourth-order valence-corrected chi connectivity index (χ4v) is 5.02. The van der Waals surface area contributed by atoms with Crippen LogP contribution < -0.4 is 25.5 Å². The molecule has 0 bridgehead atoms. The number of anilines is 3. The first-order chi connectivity index (χ1) is 21.9. The number of rotatable bonds is 12. The number of aryl methyl sites for hydroxylation is 2. The average molecular weight is 620 g/mol. The molecule has 2 amide bonds. The van der Waals surface area contributed by atoms with Gasteiger partial charge in [-0.15, -0.1) is 11.3 Å². The van der Waals surface area contributed by atoms with Crippen LogP contribution in [-0.4, -0.2) is 36.2 Å². The zero-order chi connectivity index (χ0) is 31.6. The van der Waals surface area contributed by atoms with Crippen molar-refractivity contribution in [3.8, 4) is 22.8 Å². The third kappa shape index (κ3) is 8.55. The summed E-state index contributed by atoms with van der Waals surface area (Å²) in [6.07, 6.45) is 1.52. The van der Waals surface area contributed by atoms with Crippen molar-refractivity contribution in [2.45, 2.75) is 20.8 Å². The molecule has 0 radical (unpaired) electrons. The summed E-state index contributed by atoms with van der Waals surface area (Å²) in [6.45, 7) is 6.10. The van der Waals surface area contributed by atoms with E-state index in [1.54, 1.807) is 30.3 Å². The monoisotopic (exact) mass is 619 g/mol. The van der Waals surface area contributed by atoms with Crippen molar-refractivity contribution < 1.29 is 19.1 Å². The van der Waals surface area contributed by atoms with Crippen molar-refractivity contribution in [1.29, 1.82) is 0 Å². The molecular weight excluding hydrogens is 586 g/mol. The van der Waals surface area contributed by atoms with Gasteiger partial charge in [-0.3, -0.25) is 9.59 Å². The molecule has 0 saturated heterocycles. The number of hydrogen-bond donors (Lipinski definition) is 3. The number of hydrazone groups is 1. The molecule has 228 valence electrons. The lowest BCUT2D eigenvalue weighted by atomic mass is 10.1. The molecule has 0 aliphatic carbocycles. The van der Waals surface area contributed by atoms with E-state index in [4.69, 9.17) is 9.47 Å². The van der Waals surface area contributed by atoms with Crippen LogP contribution in [0.3, 0.4) is 0 Å². The predicted molar refractivity (Wildman–Crippen MR) is 180 cm³/mol. The first-order valence-electron chi connectivity index (χ1n) is 14.4. The molecule has 0 saturated carbocycles. The number of carbonyl (C=O) groups is 2. The largest absolute Gasteiger partial charge is 0.490 e. The number of aromatic nitrogens is 1. The van der Waals surface area contributed by atoms with Gasteiger partial charge in [0.05, 0.1) is 18.5 Å². The first-order valence-corrected chi connectivity index (χ1v) is 15.2. The van der Waals surface area contributed by atoms with Crippen LogP contribution in [0.25, 0.3) is 11.3 Å². The van der Waals surface area contributed by atoms with Crippen LogP contribution >= 0.6 is 11.3 Å². The van der Waals surface area contributed by atoms with Gasteiger partial charge in [-0.2, -0.15) is 5.10 Å². The minimum atomic E-state index is -0.345. The number of hydrogen-bond acceptors (Lipinski definition) is 8. The van der Waals surface area contributed by atoms with Crippen LogP contribution in [0.4, 0.5) is 16.5 Å². The number of nitrogens with zero attached hydrogens (tertiary/aromatic N) is 2. The smallest absolute Gasteiger partial charge is 0.271 e.